The highest BCUT2D eigenvalue weighted by molar-refractivity contribution is 7.22. The number of ether oxygens (including phenoxy) is 1. The lowest BCUT2D eigenvalue weighted by Crippen LogP contribution is -2.45. The summed E-state index contributed by atoms with van der Waals surface area (Å²) in [6.45, 7) is 3.35. The number of piperidine rings is 1. The normalized spacial score (nSPS) is 16.6. The van der Waals surface area contributed by atoms with Gasteiger partial charge in [-0.25, -0.2) is 14.8 Å². The quantitative estimate of drug-likeness (QED) is 0.535. The van der Waals surface area contributed by atoms with E-state index in [1.807, 2.05) is 6.92 Å². The number of nitrogens with zero attached hydrogens (tertiary/aromatic N) is 3. The van der Waals surface area contributed by atoms with E-state index in [-0.39, 0.29) is 18.1 Å². The van der Waals surface area contributed by atoms with Crippen LogP contribution in [0.1, 0.15) is 25.3 Å². The van der Waals surface area contributed by atoms with Gasteiger partial charge < -0.3 is 25.5 Å². The summed E-state index contributed by atoms with van der Waals surface area (Å²) in [5.41, 5.74) is 1.80. The Kier molecular flexibility index (Phi) is 6.33. The number of aromatic nitrogens is 2. The van der Waals surface area contributed by atoms with Crippen molar-refractivity contribution >= 4 is 44.5 Å². The average molecular weight is 419 g/mol. The summed E-state index contributed by atoms with van der Waals surface area (Å²) in [6, 6.07) is -0.212. The van der Waals surface area contributed by atoms with Crippen LogP contribution in [-0.4, -0.2) is 66.1 Å². The molecule has 0 spiro atoms. The number of thiazole rings is 1. The van der Waals surface area contributed by atoms with Crippen LogP contribution in [0.15, 0.2) is 12.4 Å². The topological polar surface area (TPSA) is 123 Å². The predicted molar refractivity (Wildman–Crippen MR) is 115 cm³/mol. The number of aliphatic hydroxyl groups excluding tert-OH is 1. The molecule has 29 heavy (non-hydrogen) atoms. The standard InChI is InChI=1S/C19H26N6O3S/c1-19(11-26)4-6-25(7-5-19)18(27)24-17-23-14-15(29-17)13(10-22-16(14)28-3)12(8-20)9-21-2/h8-10,20-21,26H,4-7,11H2,1-3H3,(H,23,24,27)/b12-9+,20-8?. The number of allylic oxidation sites excluding steroid dienone is 1. The van der Waals surface area contributed by atoms with Gasteiger partial charge in [0, 0.05) is 56.5 Å². The molecule has 4 N–H and O–H groups in total. The van der Waals surface area contributed by atoms with Crippen molar-refractivity contribution in [1.82, 2.24) is 20.2 Å². The Morgan fingerprint density at radius 1 is 1.48 bits per heavy atom. The van der Waals surface area contributed by atoms with Crippen molar-refractivity contribution in [3.05, 3.63) is 18.0 Å². The molecule has 3 rings (SSSR count). The van der Waals surface area contributed by atoms with Crippen LogP contribution in [0.2, 0.25) is 0 Å². The van der Waals surface area contributed by atoms with Gasteiger partial charge in [0.05, 0.1) is 11.8 Å². The highest BCUT2D eigenvalue weighted by Gasteiger charge is 2.31. The molecule has 0 unspecified atom stereocenters. The van der Waals surface area contributed by atoms with E-state index < -0.39 is 0 Å². The summed E-state index contributed by atoms with van der Waals surface area (Å²) in [7, 11) is 3.28. The zero-order valence-corrected chi connectivity index (χ0v) is 17.6. The summed E-state index contributed by atoms with van der Waals surface area (Å²) < 4.78 is 6.10. The molecular formula is C19H26N6O3S. The van der Waals surface area contributed by atoms with E-state index >= 15 is 0 Å². The van der Waals surface area contributed by atoms with Crippen LogP contribution in [0.5, 0.6) is 5.88 Å². The van der Waals surface area contributed by atoms with Crippen molar-refractivity contribution in [2.45, 2.75) is 19.8 Å². The van der Waals surface area contributed by atoms with Crippen LogP contribution >= 0.6 is 11.3 Å². The molecule has 1 saturated heterocycles. The van der Waals surface area contributed by atoms with Gasteiger partial charge in [0.15, 0.2) is 5.13 Å². The van der Waals surface area contributed by atoms with Gasteiger partial charge in [-0.15, -0.1) is 0 Å². The maximum Gasteiger partial charge on any atom is 0.323 e. The first kappa shape index (κ1) is 21.0. The van der Waals surface area contributed by atoms with E-state index in [9.17, 15) is 9.90 Å². The number of carbonyl (C=O) groups is 1. The maximum absolute atomic E-state index is 12.7. The molecule has 0 radical (unpaired) electrons. The zero-order chi connectivity index (χ0) is 21.0. The Morgan fingerprint density at radius 3 is 2.79 bits per heavy atom. The monoisotopic (exact) mass is 418 g/mol. The lowest BCUT2D eigenvalue weighted by Gasteiger charge is -2.37. The predicted octanol–water partition coefficient (Wildman–Crippen LogP) is 2.54. The molecule has 0 aromatic carbocycles. The molecule has 10 heteroatoms. The van der Waals surface area contributed by atoms with Crippen LogP contribution < -0.4 is 15.4 Å². The molecule has 2 aromatic rings. The summed E-state index contributed by atoms with van der Waals surface area (Å²) in [4.78, 5) is 23.2. The lowest BCUT2D eigenvalue weighted by atomic mass is 9.81. The number of fused-ring (bicyclic) bond motifs is 1. The number of methoxy groups -OCH3 is 1. The molecule has 3 heterocycles. The number of anilines is 1. The molecule has 2 amide bonds. The lowest BCUT2D eigenvalue weighted by molar-refractivity contribution is 0.0728. The van der Waals surface area contributed by atoms with E-state index in [1.165, 1.54) is 24.7 Å². The van der Waals surface area contributed by atoms with Gasteiger partial charge in [-0.3, -0.25) is 5.32 Å². The molecule has 0 atom stereocenters. The highest BCUT2D eigenvalue weighted by atomic mass is 32.1. The fraction of sp³-hybridized carbons (Fsp3) is 0.474. The van der Waals surface area contributed by atoms with Gasteiger partial charge in [-0.05, 0) is 18.3 Å². The van der Waals surface area contributed by atoms with E-state index in [2.05, 4.69) is 20.6 Å². The number of rotatable bonds is 6. The summed E-state index contributed by atoms with van der Waals surface area (Å²) in [6.07, 6.45) is 6.11. The number of aliphatic hydroxyl groups is 1. The molecule has 9 nitrogen and oxygen atoms in total. The SMILES string of the molecule is CN/C=C(\C=N)c1cnc(OC)c2nc(NC(=O)N3CCC(C)(CO)CC3)sc12. The van der Waals surface area contributed by atoms with Crippen molar-refractivity contribution < 1.29 is 14.6 Å². The molecule has 0 aliphatic carbocycles. The minimum Gasteiger partial charge on any atom is -0.479 e. The average Bonchev–Trinajstić information content (AvgIpc) is 3.15. The second-order valence-corrected chi connectivity index (χ2v) is 8.30. The number of pyridine rings is 1. The molecule has 1 aliphatic rings. The zero-order valence-electron chi connectivity index (χ0n) is 16.8. The van der Waals surface area contributed by atoms with Crippen molar-refractivity contribution in [2.24, 2.45) is 5.41 Å². The van der Waals surface area contributed by atoms with Gasteiger partial charge in [0.1, 0.15) is 5.52 Å². The fourth-order valence-electron chi connectivity index (χ4n) is 3.23. The Labute approximate surface area is 173 Å². The van der Waals surface area contributed by atoms with Gasteiger partial charge >= 0.3 is 6.03 Å². The molecule has 0 saturated carbocycles. The summed E-state index contributed by atoms with van der Waals surface area (Å²) in [5.74, 6) is 0.367. The van der Waals surface area contributed by atoms with Crippen LogP contribution in [0.3, 0.4) is 0 Å². The van der Waals surface area contributed by atoms with E-state index in [1.54, 1.807) is 24.3 Å². The number of carbonyl (C=O) groups excluding carboxylic acids is 1. The van der Waals surface area contributed by atoms with Crippen molar-refractivity contribution in [2.75, 3.05) is 39.2 Å². The van der Waals surface area contributed by atoms with Crippen molar-refractivity contribution in [3.8, 4) is 5.88 Å². The van der Waals surface area contributed by atoms with Crippen LogP contribution in [-0.2, 0) is 0 Å². The molecule has 156 valence electrons. The van der Waals surface area contributed by atoms with Crippen molar-refractivity contribution in [1.29, 1.82) is 5.41 Å². The number of likely N-dealkylation sites (tertiary alicyclic amines) is 1. The third kappa shape index (κ3) is 4.33. The Morgan fingerprint density at radius 2 is 2.21 bits per heavy atom. The summed E-state index contributed by atoms with van der Waals surface area (Å²) >= 11 is 1.32. The third-order valence-electron chi connectivity index (χ3n) is 5.20. The third-order valence-corrected chi connectivity index (χ3v) is 6.20. The van der Waals surface area contributed by atoms with Crippen LogP contribution in [0.4, 0.5) is 9.93 Å². The molecular weight excluding hydrogens is 392 g/mol. The van der Waals surface area contributed by atoms with Gasteiger partial charge in [0.25, 0.3) is 0 Å². The largest absolute Gasteiger partial charge is 0.479 e. The first-order valence-electron chi connectivity index (χ1n) is 9.33. The number of hydrogen-bond acceptors (Lipinski definition) is 8. The van der Waals surface area contributed by atoms with E-state index in [0.29, 0.717) is 35.2 Å². The number of urea groups is 1. The van der Waals surface area contributed by atoms with E-state index in [4.69, 9.17) is 10.1 Å². The second kappa shape index (κ2) is 8.75. The Balaban J connectivity index is 1.86. The molecule has 1 fully saturated rings. The van der Waals surface area contributed by atoms with Gasteiger partial charge in [0.2, 0.25) is 5.88 Å². The highest BCUT2D eigenvalue weighted by Crippen LogP contribution is 2.36. The number of amides is 2. The van der Waals surface area contributed by atoms with Crippen LogP contribution in [0, 0.1) is 10.8 Å². The minimum atomic E-state index is -0.212. The molecule has 1 aliphatic heterocycles. The minimum absolute atomic E-state index is 0.122. The fourth-order valence-corrected chi connectivity index (χ4v) is 4.21. The summed E-state index contributed by atoms with van der Waals surface area (Å²) in [5, 5.41) is 23.4. The van der Waals surface area contributed by atoms with Crippen LogP contribution in [0.25, 0.3) is 15.8 Å². The number of nitrogens with one attached hydrogen (secondary N) is 3. The van der Waals surface area contributed by atoms with E-state index in [0.717, 1.165) is 23.1 Å². The Hall–Kier alpha value is -2.72. The molecule has 0 bridgehead atoms. The Bertz CT molecular complexity index is 933. The molecule has 2 aromatic heterocycles. The van der Waals surface area contributed by atoms with Gasteiger partial charge in [-0.2, -0.15) is 0 Å². The first-order valence-corrected chi connectivity index (χ1v) is 10.1. The smallest absolute Gasteiger partial charge is 0.323 e. The second-order valence-electron chi connectivity index (χ2n) is 7.30. The number of hydrogen-bond donors (Lipinski definition) is 4. The first-order chi connectivity index (χ1) is 13.9. The maximum atomic E-state index is 12.7. The van der Waals surface area contributed by atoms with Gasteiger partial charge in [-0.1, -0.05) is 18.3 Å². The van der Waals surface area contributed by atoms with Crippen molar-refractivity contribution in [3.63, 3.8) is 0 Å².